The van der Waals surface area contributed by atoms with E-state index in [0.29, 0.717) is 6.54 Å². The molecule has 0 aliphatic carbocycles. The summed E-state index contributed by atoms with van der Waals surface area (Å²) in [5.41, 5.74) is 0.546. The molecule has 1 amide bonds. The fraction of sp³-hybridized carbons (Fsp3) is 0.235. The number of benzene rings is 2. The van der Waals surface area contributed by atoms with E-state index in [1.807, 2.05) is 37.3 Å². The molecule has 2 rings (SSSR count). The molecule has 1 atom stereocenters. The Hall–Kier alpha value is -2.30. The minimum absolute atomic E-state index is 0.125. The first-order valence-corrected chi connectivity index (χ1v) is 6.88. The Bertz CT molecular complexity index is 621. The molecule has 0 heterocycles. The van der Waals surface area contributed by atoms with E-state index in [2.05, 4.69) is 5.32 Å². The average molecular weight is 307 g/mol. The Morgan fingerprint density at radius 1 is 1.05 bits per heavy atom. The summed E-state index contributed by atoms with van der Waals surface area (Å²) >= 11 is 0. The van der Waals surface area contributed by atoms with Crippen LogP contribution < -0.4 is 5.32 Å². The van der Waals surface area contributed by atoms with E-state index in [1.165, 1.54) is 12.1 Å². The molecule has 0 fully saturated rings. The number of carbonyl (C=O) groups excluding carboxylic acids is 1. The summed E-state index contributed by atoms with van der Waals surface area (Å²) in [5, 5.41) is 2.74. The van der Waals surface area contributed by atoms with Crippen LogP contribution in [0.3, 0.4) is 0 Å². The number of carbonyl (C=O) groups is 1. The van der Waals surface area contributed by atoms with Crippen LogP contribution in [0, 0.1) is 0 Å². The fourth-order valence-corrected chi connectivity index (χ4v) is 2.06. The Morgan fingerprint density at radius 2 is 1.64 bits per heavy atom. The van der Waals surface area contributed by atoms with Gasteiger partial charge in [-0.25, -0.2) is 0 Å². The van der Waals surface area contributed by atoms with Gasteiger partial charge in [-0.2, -0.15) is 13.2 Å². The number of halogens is 3. The normalized spacial score (nSPS) is 12.7. The monoisotopic (exact) mass is 307 g/mol. The van der Waals surface area contributed by atoms with Gasteiger partial charge in [0.1, 0.15) is 0 Å². The number of rotatable bonds is 4. The van der Waals surface area contributed by atoms with Crippen molar-refractivity contribution in [2.75, 3.05) is 6.54 Å². The number of alkyl halides is 3. The molecular weight excluding hydrogens is 291 g/mol. The van der Waals surface area contributed by atoms with Crippen molar-refractivity contribution in [1.82, 2.24) is 5.32 Å². The van der Waals surface area contributed by atoms with Gasteiger partial charge in [0, 0.05) is 12.1 Å². The van der Waals surface area contributed by atoms with Gasteiger partial charge in [0.15, 0.2) is 0 Å². The fourth-order valence-electron chi connectivity index (χ4n) is 2.06. The highest BCUT2D eigenvalue weighted by atomic mass is 19.4. The summed E-state index contributed by atoms with van der Waals surface area (Å²) in [6.45, 7) is 2.40. The molecule has 0 saturated carbocycles. The maximum Gasteiger partial charge on any atom is 0.416 e. The highest BCUT2D eigenvalue weighted by Crippen LogP contribution is 2.29. The van der Waals surface area contributed by atoms with Gasteiger partial charge in [-0.15, -0.1) is 0 Å². The zero-order chi connectivity index (χ0) is 16.2. The molecule has 0 saturated heterocycles. The molecule has 1 unspecified atom stereocenters. The lowest BCUT2D eigenvalue weighted by molar-refractivity contribution is -0.137. The van der Waals surface area contributed by atoms with Crippen LogP contribution >= 0.6 is 0 Å². The van der Waals surface area contributed by atoms with Crippen molar-refractivity contribution in [2.24, 2.45) is 0 Å². The van der Waals surface area contributed by atoms with E-state index >= 15 is 0 Å². The molecule has 5 heteroatoms. The lowest BCUT2D eigenvalue weighted by atomic mass is 10.0. The molecule has 0 bridgehead atoms. The Balaban J connectivity index is 1.95. The molecule has 22 heavy (non-hydrogen) atoms. The summed E-state index contributed by atoms with van der Waals surface area (Å²) in [6, 6.07) is 13.9. The zero-order valence-electron chi connectivity index (χ0n) is 12.0. The zero-order valence-corrected chi connectivity index (χ0v) is 12.0. The first kappa shape index (κ1) is 16.1. The van der Waals surface area contributed by atoms with Crippen molar-refractivity contribution in [3.63, 3.8) is 0 Å². The molecule has 1 N–H and O–H groups in total. The van der Waals surface area contributed by atoms with E-state index in [1.54, 1.807) is 0 Å². The molecule has 2 nitrogen and oxygen atoms in total. The van der Waals surface area contributed by atoms with Crippen LogP contribution in [0.5, 0.6) is 0 Å². The Morgan fingerprint density at radius 3 is 2.18 bits per heavy atom. The second-order valence-corrected chi connectivity index (χ2v) is 5.10. The van der Waals surface area contributed by atoms with Gasteiger partial charge >= 0.3 is 6.18 Å². The third-order valence-corrected chi connectivity index (χ3v) is 3.41. The van der Waals surface area contributed by atoms with Crippen LogP contribution in [0.1, 0.15) is 34.3 Å². The van der Waals surface area contributed by atoms with Gasteiger partial charge in [-0.1, -0.05) is 37.3 Å². The summed E-state index contributed by atoms with van der Waals surface area (Å²) < 4.78 is 37.4. The van der Waals surface area contributed by atoms with E-state index < -0.39 is 11.7 Å². The van der Waals surface area contributed by atoms with Crippen LogP contribution in [0.15, 0.2) is 54.6 Å². The van der Waals surface area contributed by atoms with E-state index in [4.69, 9.17) is 0 Å². The van der Waals surface area contributed by atoms with Gasteiger partial charge in [-0.3, -0.25) is 4.79 Å². The van der Waals surface area contributed by atoms with Gasteiger partial charge in [-0.05, 0) is 35.7 Å². The average Bonchev–Trinajstić information content (AvgIpc) is 2.52. The van der Waals surface area contributed by atoms with Crippen LogP contribution in [0.25, 0.3) is 0 Å². The van der Waals surface area contributed by atoms with Crippen molar-refractivity contribution in [3.8, 4) is 0 Å². The van der Waals surface area contributed by atoms with Gasteiger partial charge in [0.25, 0.3) is 5.91 Å². The van der Waals surface area contributed by atoms with Crippen LogP contribution in [-0.2, 0) is 6.18 Å². The minimum Gasteiger partial charge on any atom is -0.351 e. The quantitative estimate of drug-likeness (QED) is 0.899. The molecule has 2 aromatic carbocycles. The third kappa shape index (κ3) is 4.10. The van der Waals surface area contributed by atoms with Crippen LogP contribution in [0.4, 0.5) is 13.2 Å². The van der Waals surface area contributed by atoms with Gasteiger partial charge < -0.3 is 5.32 Å². The maximum absolute atomic E-state index is 12.5. The first-order chi connectivity index (χ1) is 10.4. The SMILES string of the molecule is CC(CNC(=O)c1ccc(C(F)(F)F)cc1)c1ccccc1. The molecule has 116 valence electrons. The van der Waals surface area contributed by atoms with Crippen molar-refractivity contribution in [2.45, 2.75) is 19.0 Å². The topological polar surface area (TPSA) is 29.1 Å². The second-order valence-electron chi connectivity index (χ2n) is 5.10. The predicted octanol–water partition coefficient (Wildman–Crippen LogP) is 4.24. The van der Waals surface area contributed by atoms with Crippen molar-refractivity contribution < 1.29 is 18.0 Å². The molecule has 2 aromatic rings. The van der Waals surface area contributed by atoms with Crippen LogP contribution in [-0.4, -0.2) is 12.5 Å². The Labute approximate surface area is 127 Å². The lowest BCUT2D eigenvalue weighted by Crippen LogP contribution is -2.27. The third-order valence-electron chi connectivity index (χ3n) is 3.41. The van der Waals surface area contributed by atoms with Gasteiger partial charge in [0.2, 0.25) is 0 Å². The molecular formula is C17H16F3NO. The van der Waals surface area contributed by atoms with Crippen molar-refractivity contribution in [3.05, 3.63) is 71.3 Å². The number of hydrogen-bond acceptors (Lipinski definition) is 1. The first-order valence-electron chi connectivity index (χ1n) is 6.88. The molecule has 0 aliphatic heterocycles. The molecule has 0 aromatic heterocycles. The van der Waals surface area contributed by atoms with Gasteiger partial charge in [0.05, 0.1) is 5.56 Å². The largest absolute Gasteiger partial charge is 0.416 e. The lowest BCUT2D eigenvalue weighted by Gasteiger charge is -2.13. The Kier molecular flexibility index (Phi) is 4.85. The number of amides is 1. The van der Waals surface area contributed by atoms with Crippen molar-refractivity contribution in [1.29, 1.82) is 0 Å². The number of nitrogens with one attached hydrogen (secondary N) is 1. The van der Waals surface area contributed by atoms with E-state index in [-0.39, 0.29) is 17.4 Å². The maximum atomic E-state index is 12.5. The van der Waals surface area contributed by atoms with E-state index in [9.17, 15) is 18.0 Å². The van der Waals surface area contributed by atoms with Crippen molar-refractivity contribution >= 4 is 5.91 Å². The minimum atomic E-state index is -4.39. The predicted molar refractivity (Wildman–Crippen MR) is 78.6 cm³/mol. The highest BCUT2D eigenvalue weighted by molar-refractivity contribution is 5.94. The summed E-state index contributed by atoms with van der Waals surface area (Å²) in [6.07, 6.45) is -4.39. The molecule has 0 radical (unpaired) electrons. The van der Waals surface area contributed by atoms with Crippen LogP contribution in [0.2, 0.25) is 0 Å². The summed E-state index contributed by atoms with van der Waals surface area (Å²) in [5.74, 6) is -0.254. The van der Waals surface area contributed by atoms with E-state index in [0.717, 1.165) is 17.7 Å². The summed E-state index contributed by atoms with van der Waals surface area (Å²) in [7, 11) is 0. The number of hydrogen-bond donors (Lipinski definition) is 1. The smallest absolute Gasteiger partial charge is 0.351 e. The molecule has 0 spiro atoms. The second kappa shape index (κ2) is 6.64. The molecule has 0 aliphatic rings. The highest BCUT2D eigenvalue weighted by Gasteiger charge is 2.30. The summed E-state index contributed by atoms with van der Waals surface area (Å²) in [4.78, 5) is 11.9. The standard InChI is InChI=1S/C17H16F3NO/c1-12(13-5-3-2-4-6-13)11-21-16(22)14-7-9-15(10-8-14)17(18,19)20/h2-10,12H,11H2,1H3,(H,21,22).